The van der Waals surface area contributed by atoms with Gasteiger partial charge in [-0.3, -0.25) is 9.59 Å². The Hall–Kier alpha value is -1.20. The van der Waals surface area contributed by atoms with Gasteiger partial charge in [-0.25, -0.2) is 0 Å². The smallest absolute Gasteiger partial charge is 0.302 e. The van der Waals surface area contributed by atoms with Crippen LogP contribution in [0.2, 0.25) is 0 Å². The first-order chi connectivity index (χ1) is 15.8. The fraction of sp³-hybridized carbons (Fsp3) is 0.862. The van der Waals surface area contributed by atoms with E-state index in [1.165, 1.54) is 12.5 Å². The lowest BCUT2D eigenvalue weighted by Crippen LogP contribution is -2.68. The summed E-state index contributed by atoms with van der Waals surface area (Å²) in [6.45, 7) is 15.1. The average molecular weight is 473 g/mol. The number of carbonyl (C=O) groups is 2. The molecule has 0 aromatic heterocycles. The van der Waals surface area contributed by atoms with Crippen molar-refractivity contribution in [3.05, 3.63) is 11.6 Å². The fourth-order valence-electron chi connectivity index (χ4n) is 10.3. The van der Waals surface area contributed by atoms with Crippen molar-refractivity contribution in [2.24, 2.45) is 45.3 Å². The van der Waals surface area contributed by atoms with E-state index in [2.05, 4.69) is 40.7 Å². The summed E-state index contributed by atoms with van der Waals surface area (Å²) in [6, 6.07) is 0. The molecular formula is C29H44O5. The lowest BCUT2D eigenvalue weighted by atomic mass is 9.34. The van der Waals surface area contributed by atoms with E-state index in [1.807, 2.05) is 6.92 Å². The Morgan fingerprint density at radius 3 is 2.47 bits per heavy atom. The second-order valence-electron chi connectivity index (χ2n) is 13.2. The molecule has 4 fully saturated rings. The van der Waals surface area contributed by atoms with Crippen molar-refractivity contribution in [1.29, 1.82) is 0 Å². The lowest BCUT2D eigenvalue weighted by molar-refractivity contribution is -0.252. The summed E-state index contributed by atoms with van der Waals surface area (Å²) in [5, 5.41) is 11.1. The molecule has 0 aromatic rings. The summed E-state index contributed by atoms with van der Waals surface area (Å²) in [5.74, 6) is 1.05. The van der Waals surface area contributed by atoms with E-state index in [0.29, 0.717) is 24.0 Å². The molecule has 3 unspecified atom stereocenters. The number of Topliss-reactive ketones (excluding diaryl/α,β-unsaturated/α-hetero) is 1. The Morgan fingerprint density at radius 2 is 1.82 bits per heavy atom. The first-order valence-corrected chi connectivity index (χ1v) is 13.6. The van der Waals surface area contributed by atoms with Gasteiger partial charge in [0.15, 0.2) is 6.29 Å². The van der Waals surface area contributed by atoms with Crippen LogP contribution in [0.3, 0.4) is 0 Å². The van der Waals surface area contributed by atoms with Crippen LogP contribution in [0, 0.1) is 45.3 Å². The van der Waals surface area contributed by atoms with E-state index in [0.717, 1.165) is 38.5 Å². The number of carbonyl (C=O) groups excluding carboxylic acids is 2. The van der Waals surface area contributed by atoms with Crippen LogP contribution in [-0.4, -0.2) is 35.4 Å². The molecule has 0 amide bonds. The molecule has 0 radical (unpaired) electrons. The van der Waals surface area contributed by atoms with Crippen molar-refractivity contribution in [3.8, 4) is 0 Å². The highest BCUT2D eigenvalue weighted by atomic mass is 16.6. The Balaban J connectivity index is 1.63. The van der Waals surface area contributed by atoms with Crippen LogP contribution in [0.4, 0.5) is 0 Å². The highest BCUT2D eigenvalue weighted by molar-refractivity contribution is 5.86. The molecule has 1 heterocycles. The van der Waals surface area contributed by atoms with Crippen molar-refractivity contribution >= 4 is 11.8 Å². The Kier molecular flexibility index (Phi) is 5.51. The van der Waals surface area contributed by atoms with Crippen LogP contribution < -0.4 is 0 Å². The number of hydrogen-bond acceptors (Lipinski definition) is 5. The molecule has 3 saturated carbocycles. The Bertz CT molecular complexity index is 925. The van der Waals surface area contributed by atoms with Crippen LogP contribution in [0.1, 0.15) is 93.4 Å². The van der Waals surface area contributed by atoms with Gasteiger partial charge in [0.2, 0.25) is 0 Å². The van der Waals surface area contributed by atoms with Gasteiger partial charge in [-0.2, -0.15) is 0 Å². The molecule has 1 N–H and O–H groups in total. The van der Waals surface area contributed by atoms with Crippen molar-refractivity contribution < 1.29 is 24.2 Å². The monoisotopic (exact) mass is 472 g/mol. The first kappa shape index (κ1) is 24.5. The second-order valence-corrected chi connectivity index (χ2v) is 13.2. The third-order valence-electron chi connectivity index (χ3n) is 12.1. The van der Waals surface area contributed by atoms with E-state index in [1.54, 1.807) is 0 Å². The summed E-state index contributed by atoms with van der Waals surface area (Å²) in [5.41, 5.74) is 0.614. The maximum atomic E-state index is 13.1. The van der Waals surface area contributed by atoms with Crippen molar-refractivity contribution in [2.45, 2.75) is 112 Å². The summed E-state index contributed by atoms with van der Waals surface area (Å²) in [7, 11) is 0. The Labute approximate surface area is 205 Å². The van der Waals surface area contributed by atoms with Crippen LogP contribution in [-0.2, 0) is 19.1 Å². The molecule has 1 aliphatic heterocycles. The number of esters is 1. The van der Waals surface area contributed by atoms with Gasteiger partial charge in [-0.05, 0) is 79.6 Å². The molecule has 5 aliphatic rings. The minimum absolute atomic E-state index is 0.0352. The van der Waals surface area contributed by atoms with Crippen LogP contribution in [0.25, 0.3) is 0 Å². The van der Waals surface area contributed by atoms with E-state index >= 15 is 0 Å². The zero-order valence-corrected chi connectivity index (χ0v) is 22.1. The van der Waals surface area contributed by atoms with Gasteiger partial charge in [0, 0.05) is 30.1 Å². The molecule has 5 nitrogen and oxygen atoms in total. The predicted octanol–water partition coefficient (Wildman–Crippen LogP) is 5.45. The lowest BCUT2D eigenvalue weighted by Gasteiger charge is -2.70. The van der Waals surface area contributed by atoms with Gasteiger partial charge in [0.1, 0.15) is 11.9 Å². The van der Waals surface area contributed by atoms with Crippen LogP contribution >= 0.6 is 0 Å². The summed E-state index contributed by atoms with van der Waals surface area (Å²) in [4.78, 5) is 25.5. The van der Waals surface area contributed by atoms with Gasteiger partial charge < -0.3 is 14.6 Å². The quantitative estimate of drug-likeness (QED) is 0.428. The minimum atomic E-state index is -0.866. The maximum absolute atomic E-state index is 13.1. The molecule has 4 aliphatic carbocycles. The van der Waals surface area contributed by atoms with Gasteiger partial charge in [0.05, 0.1) is 6.10 Å². The molecular weight excluding hydrogens is 428 g/mol. The largest absolute Gasteiger partial charge is 0.462 e. The van der Waals surface area contributed by atoms with Crippen molar-refractivity contribution in [1.82, 2.24) is 0 Å². The fourth-order valence-corrected chi connectivity index (χ4v) is 10.3. The van der Waals surface area contributed by atoms with Crippen LogP contribution in [0.5, 0.6) is 0 Å². The van der Waals surface area contributed by atoms with Gasteiger partial charge in [0.25, 0.3) is 0 Å². The SMILES string of the molecule is CC[C@@]1(C)C(=O)CC[C@]2(C)C3C[C@H](OC(C)=O)[C@@]4(C)C(CC=C5[C@H](C)O[C@@H](O)[C@@H]54)[C@]3(C)CCC21. The van der Waals surface area contributed by atoms with E-state index in [-0.39, 0.29) is 51.7 Å². The zero-order chi connectivity index (χ0) is 24.8. The molecule has 5 heteroatoms. The van der Waals surface area contributed by atoms with E-state index < -0.39 is 6.29 Å². The number of rotatable bonds is 2. The number of allylic oxidation sites excluding steroid dienone is 1. The third kappa shape index (κ3) is 2.92. The summed E-state index contributed by atoms with van der Waals surface area (Å²) >= 11 is 0. The zero-order valence-electron chi connectivity index (χ0n) is 22.1. The molecule has 34 heavy (non-hydrogen) atoms. The van der Waals surface area contributed by atoms with Crippen molar-refractivity contribution in [3.63, 3.8) is 0 Å². The number of aliphatic hydroxyl groups excluding tert-OH is 1. The number of hydrogen-bond donors (Lipinski definition) is 1. The molecule has 1 saturated heterocycles. The summed E-state index contributed by atoms with van der Waals surface area (Å²) in [6.07, 6.45) is 7.43. The number of ether oxygens (including phenoxy) is 2. The molecule has 0 bridgehead atoms. The highest BCUT2D eigenvalue weighted by Gasteiger charge is 2.71. The normalized spacial score (nSPS) is 54.3. The van der Waals surface area contributed by atoms with E-state index in [9.17, 15) is 14.7 Å². The average Bonchev–Trinajstić information content (AvgIpc) is 3.06. The minimum Gasteiger partial charge on any atom is -0.462 e. The highest BCUT2D eigenvalue weighted by Crippen LogP contribution is 2.74. The maximum Gasteiger partial charge on any atom is 0.302 e. The number of ketones is 1. The predicted molar refractivity (Wildman–Crippen MR) is 130 cm³/mol. The van der Waals surface area contributed by atoms with Crippen LogP contribution in [0.15, 0.2) is 11.6 Å². The molecule has 5 rings (SSSR count). The molecule has 190 valence electrons. The van der Waals surface area contributed by atoms with E-state index in [4.69, 9.17) is 9.47 Å². The molecule has 0 aromatic carbocycles. The van der Waals surface area contributed by atoms with Gasteiger partial charge >= 0.3 is 5.97 Å². The topological polar surface area (TPSA) is 72.8 Å². The Morgan fingerprint density at radius 1 is 1.15 bits per heavy atom. The van der Waals surface area contributed by atoms with Gasteiger partial charge in [-0.1, -0.05) is 40.7 Å². The molecule has 0 spiro atoms. The first-order valence-electron chi connectivity index (χ1n) is 13.6. The summed E-state index contributed by atoms with van der Waals surface area (Å²) < 4.78 is 12.1. The standard InChI is InChI=1S/C29H44O5/c1-8-26(4)19-11-13-28(6)20-10-9-18-16(2)33-25(32)24(18)29(20,7)23(34-17(3)30)15-21(28)27(19,5)14-12-22(26)31/h9,16,19-21,23-25,32H,8,10-15H2,1-7H3/t16-,19?,20?,21?,23-,24+,25+,26+,27-,28-,29+/m0/s1. The third-order valence-corrected chi connectivity index (χ3v) is 12.1. The van der Waals surface area contributed by atoms with Gasteiger partial charge in [-0.15, -0.1) is 0 Å². The second kappa shape index (κ2) is 7.65. The molecule has 11 atom stereocenters. The van der Waals surface area contributed by atoms with Crippen molar-refractivity contribution in [2.75, 3.05) is 0 Å². The number of fused-ring (bicyclic) bond motifs is 7. The number of aliphatic hydroxyl groups is 1.